The predicted molar refractivity (Wildman–Crippen MR) is 125 cm³/mol. The molecule has 0 N–H and O–H groups in total. The standard InChI is InChI=1S/C24H20BrFN2O4S/c1-16(17-5-3-2-4-6-17)28(33(31,32)21-13-9-19(26)10-14-21)22-15-23(29)27(24(22)30)20-11-7-18(25)8-12-20/h2-14,16,22H,15H2,1H3. The molecule has 33 heavy (non-hydrogen) atoms. The quantitative estimate of drug-likeness (QED) is 0.434. The fourth-order valence-corrected chi connectivity index (χ4v) is 5.95. The Morgan fingerprint density at radius 2 is 1.58 bits per heavy atom. The Morgan fingerprint density at radius 1 is 0.970 bits per heavy atom. The molecule has 1 aliphatic rings. The summed E-state index contributed by atoms with van der Waals surface area (Å²) in [6.07, 6.45) is -0.299. The van der Waals surface area contributed by atoms with Gasteiger partial charge < -0.3 is 0 Å². The van der Waals surface area contributed by atoms with Gasteiger partial charge in [0.2, 0.25) is 15.9 Å². The molecule has 0 saturated carbocycles. The molecule has 0 radical (unpaired) electrons. The topological polar surface area (TPSA) is 74.8 Å². The number of imide groups is 1. The molecule has 6 nitrogen and oxygen atoms in total. The molecule has 0 aromatic heterocycles. The molecule has 2 amide bonds. The first kappa shape index (κ1) is 23.3. The minimum absolute atomic E-state index is 0.158. The van der Waals surface area contributed by atoms with Gasteiger partial charge in [-0.2, -0.15) is 4.31 Å². The van der Waals surface area contributed by atoms with Crippen molar-refractivity contribution in [2.45, 2.75) is 30.3 Å². The van der Waals surface area contributed by atoms with Crippen molar-refractivity contribution in [1.29, 1.82) is 0 Å². The second-order valence-electron chi connectivity index (χ2n) is 7.64. The first-order chi connectivity index (χ1) is 15.7. The number of anilines is 1. The number of nitrogens with zero attached hydrogens (tertiary/aromatic N) is 2. The van der Waals surface area contributed by atoms with Crippen LogP contribution < -0.4 is 4.90 Å². The lowest BCUT2D eigenvalue weighted by Gasteiger charge is -2.32. The predicted octanol–water partition coefficient (Wildman–Crippen LogP) is 4.67. The van der Waals surface area contributed by atoms with E-state index in [4.69, 9.17) is 0 Å². The van der Waals surface area contributed by atoms with Crippen LogP contribution in [-0.2, 0) is 19.6 Å². The maximum Gasteiger partial charge on any atom is 0.252 e. The Morgan fingerprint density at radius 3 is 2.18 bits per heavy atom. The Kier molecular flexibility index (Phi) is 6.47. The fourth-order valence-electron chi connectivity index (χ4n) is 3.93. The summed E-state index contributed by atoms with van der Waals surface area (Å²) in [5.41, 5.74) is 1.02. The van der Waals surface area contributed by atoms with E-state index in [0.717, 1.165) is 37.9 Å². The summed E-state index contributed by atoms with van der Waals surface area (Å²) in [6.45, 7) is 1.66. The molecule has 170 valence electrons. The third-order valence-electron chi connectivity index (χ3n) is 5.57. The van der Waals surface area contributed by atoms with Gasteiger partial charge in [0.25, 0.3) is 5.91 Å². The largest absolute Gasteiger partial charge is 0.274 e. The number of hydrogen-bond acceptors (Lipinski definition) is 4. The van der Waals surface area contributed by atoms with E-state index >= 15 is 0 Å². The van der Waals surface area contributed by atoms with Crippen molar-refractivity contribution in [3.63, 3.8) is 0 Å². The number of halogens is 2. The lowest BCUT2D eigenvalue weighted by molar-refractivity contribution is -0.122. The Labute approximate surface area is 199 Å². The van der Waals surface area contributed by atoms with Crippen LogP contribution in [0.3, 0.4) is 0 Å². The maximum atomic E-state index is 13.7. The summed E-state index contributed by atoms with van der Waals surface area (Å²) in [7, 11) is -4.26. The van der Waals surface area contributed by atoms with Gasteiger partial charge in [0.05, 0.1) is 17.0 Å². The van der Waals surface area contributed by atoms with E-state index in [1.54, 1.807) is 61.5 Å². The van der Waals surface area contributed by atoms with Crippen LogP contribution in [0.1, 0.15) is 24.9 Å². The van der Waals surface area contributed by atoms with Crippen LogP contribution in [0.4, 0.5) is 10.1 Å². The second kappa shape index (κ2) is 9.17. The van der Waals surface area contributed by atoms with E-state index in [1.807, 2.05) is 0 Å². The molecule has 3 aromatic carbocycles. The number of benzene rings is 3. The number of carbonyl (C=O) groups excluding carboxylic acids is 2. The molecule has 1 fully saturated rings. The lowest BCUT2D eigenvalue weighted by Crippen LogP contribution is -2.46. The fraction of sp³-hybridized carbons (Fsp3) is 0.167. The van der Waals surface area contributed by atoms with Gasteiger partial charge in [-0.25, -0.2) is 17.7 Å². The number of rotatable bonds is 6. The van der Waals surface area contributed by atoms with Crippen LogP contribution in [-0.4, -0.2) is 30.6 Å². The molecule has 0 spiro atoms. The van der Waals surface area contributed by atoms with Crippen molar-refractivity contribution in [3.8, 4) is 0 Å². The van der Waals surface area contributed by atoms with Crippen molar-refractivity contribution in [2.24, 2.45) is 0 Å². The Hall–Kier alpha value is -2.88. The average molecular weight is 531 g/mol. The number of sulfonamides is 1. The summed E-state index contributed by atoms with van der Waals surface area (Å²) in [5, 5.41) is 0. The summed E-state index contributed by atoms with van der Waals surface area (Å²) in [4.78, 5) is 27.2. The van der Waals surface area contributed by atoms with Crippen molar-refractivity contribution >= 4 is 43.5 Å². The van der Waals surface area contributed by atoms with Crippen molar-refractivity contribution in [1.82, 2.24) is 4.31 Å². The first-order valence-electron chi connectivity index (χ1n) is 10.2. The van der Waals surface area contributed by atoms with Gasteiger partial charge >= 0.3 is 0 Å². The van der Waals surface area contributed by atoms with Crippen LogP contribution in [0, 0.1) is 5.82 Å². The Bertz CT molecular complexity index is 1280. The van der Waals surface area contributed by atoms with Gasteiger partial charge in [0.15, 0.2) is 0 Å². The first-order valence-corrected chi connectivity index (χ1v) is 12.4. The third-order valence-corrected chi connectivity index (χ3v) is 8.09. The van der Waals surface area contributed by atoms with E-state index in [9.17, 15) is 22.4 Å². The summed E-state index contributed by atoms with van der Waals surface area (Å²) in [6, 6.07) is 17.9. The molecule has 9 heteroatoms. The van der Waals surface area contributed by atoms with Crippen LogP contribution in [0.2, 0.25) is 0 Å². The van der Waals surface area contributed by atoms with Crippen LogP contribution >= 0.6 is 15.9 Å². The third kappa shape index (κ3) is 4.48. The van der Waals surface area contributed by atoms with E-state index in [0.29, 0.717) is 11.3 Å². The summed E-state index contributed by atoms with van der Waals surface area (Å²) >= 11 is 3.32. The Balaban J connectivity index is 1.79. The normalized spacial score (nSPS) is 17.6. The molecule has 4 rings (SSSR count). The zero-order chi connectivity index (χ0) is 23.8. The average Bonchev–Trinajstić information content (AvgIpc) is 3.08. The second-order valence-corrected chi connectivity index (χ2v) is 10.4. The van der Waals surface area contributed by atoms with Gasteiger partial charge in [-0.3, -0.25) is 9.59 Å². The zero-order valence-corrected chi connectivity index (χ0v) is 20.0. The minimum atomic E-state index is -4.26. The molecule has 1 aliphatic heterocycles. The molecular formula is C24H20BrFN2O4S. The van der Waals surface area contributed by atoms with E-state index in [-0.39, 0.29) is 11.3 Å². The smallest absolute Gasteiger partial charge is 0.252 e. The van der Waals surface area contributed by atoms with Crippen LogP contribution in [0.5, 0.6) is 0 Å². The number of hydrogen-bond donors (Lipinski definition) is 0. The van der Waals surface area contributed by atoms with Gasteiger partial charge in [0, 0.05) is 10.5 Å². The lowest BCUT2D eigenvalue weighted by atomic mass is 10.1. The minimum Gasteiger partial charge on any atom is -0.274 e. The highest BCUT2D eigenvalue weighted by Gasteiger charge is 2.48. The maximum absolute atomic E-state index is 13.7. The number of carbonyl (C=O) groups is 2. The van der Waals surface area contributed by atoms with E-state index < -0.39 is 39.7 Å². The van der Waals surface area contributed by atoms with Crippen molar-refractivity contribution in [2.75, 3.05) is 4.90 Å². The summed E-state index contributed by atoms with van der Waals surface area (Å²) < 4.78 is 42.7. The monoisotopic (exact) mass is 530 g/mol. The molecule has 0 aliphatic carbocycles. The van der Waals surface area contributed by atoms with Crippen molar-refractivity contribution < 1.29 is 22.4 Å². The highest BCUT2D eigenvalue weighted by molar-refractivity contribution is 9.10. The highest BCUT2D eigenvalue weighted by atomic mass is 79.9. The van der Waals surface area contributed by atoms with Crippen molar-refractivity contribution in [3.05, 3.63) is 94.7 Å². The molecule has 1 saturated heterocycles. The highest BCUT2D eigenvalue weighted by Crippen LogP contribution is 2.35. The molecule has 3 aromatic rings. The van der Waals surface area contributed by atoms with E-state index in [1.165, 1.54) is 0 Å². The van der Waals surface area contributed by atoms with Crippen LogP contribution in [0.25, 0.3) is 0 Å². The molecule has 2 atom stereocenters. The molecule has 1 heterocycles. The molecule has 2 unspecified atom stereocenters. The summed E-state index contributed by atoms with van der Waals surface area (Å²) in [5.74, 6) is -1.70. The van der Waals surface area contributed by atoms with Gasteiger partial charge in [-0.1, -0.05) is 46.3 Å². The molecule has 0 bridgehead atoms. The molecular weight excluding hydrogens is 511 g/mol. The zero-order valence-electron chi connectivity index (χ0n) is 17.6. The number of amides is 2. The SMILES string of the molecule is CC(c1ccccc1)N(C1CC(=O)N(c2ccc(Br)cc2)C1=O)S(=O)(=O)c1ccc(F)cc1. The van der Waals surface area contributed by atoms with Crippen LogP contribution in [0.15, 0.2) is 88.2 Å². The van der Waals surface area contributed by atoms with Gasteiger partial charge in [-0.05, 0) is 61.0 Å². The van der Waals surface area contributed by atoms with Gasteiger partial charge in [-0.15, -0.1) is 0 Å². The van der Waals surface area contributed by atoms with Gasteiger partial charge in [0.1, 0.15) is 11.9 Å². The van der Waals surface area contributed by atoms with E-state index in [2.05, 4.69) is 15.9 Å².